The highest BCUT2D eigenvalue weighted by Gasteiger charge is 2.05. The summed E-state index contributed by atoms with van der Waals surface area (Å²) in [7, 11) is 0. The van der Waals surface area contributed by atoms with Gasteiger partial charge in [-0.15, -0.1) is 13.2 Å². The van der Waals surface area contributed by atoms with E-state index < -0.39 is 11.9 Å². The Hall–Kier alpha value is -1.81. The molecular formula is C14H21ClO4. The van der Waals surface area contributed by atoms with E-state index in [1.54, 1.807) is 13.8 Å². The molecule has 0 saturated heterocycles. The Balaban J connectivity index is -0.000000445. The van der Waals surface area contributed by atoms with Crippen LogP contribution in [0.1, 0.15) is 13.8 Å². The van der Waals surface area contributed by atoms with Gasteiger partial charge in [-0.05, 0) is 19.4 Å². The van der Waals surface area contributed by atoms with E-state index in [1.165, 1.54) is 5.54 Å². The first kappa shape index (κ1) is 22.4. The lowest BCUT2D eigenvalue weighted by Gasteiger charge is -2.05. The van der Waals surface area contributed by atoms with E-state index in [1.807, 2.05) is 0 Å². The molecule has 0 aromatic rings. The number of rotatable bonds is 5. The van der Waals surface area contributed by atoms with Gasteiger partial charge in [-0.25, -0.2) is 9.59 Å². The third-order valence-corrected chi connectivity index (χ3v) is 1.25. The molecule has 0 aliphatic rings. The van der Waals surface area contributed by atoms with Crippen molar-refractivity contribution in [3.8, 4) is 0 Å². The van der Waals surface area contributed by atoms with Crippen LogP contribution in [0, 0.1) is 0 Å². The Morgan fingerprint density at radius 1 is 1.00 bits per heavy atom. The zero-order chi connectivity index (χ0) is 15.8. The third-order valence-electron chi connectivity index (χ3n) is 1.25. The molecule has 0 fully saturated rings. The van der Waals surface area contributed by atoms with Gasteiger partial charge in [-0.2, -0.15) is 0 Å². The van der Waals surface area contributed by atoms with Gasteiger partial charge in [-0.1, -0.05) is 31.3 Å². The van der Waals surface area contributed by atoms with E-state index in [2.05, 4.69) is 42.4 Å². The Labute approximate surface area is 120 Å². The molecule has 0 aliphatic carbocycles. The predicted octanol–water partition coefficient (Wildman–Crippen LogP) is 3.40. The average molecular weight is 289 g/mol. The van der Waals surface area contributed by atoms with Crippen LogP contribution in [0.4, 0.5) is 0 Å². The van der Waals surface area contributed by atoms with E-state index in [-0.39, 0.29) is 13.2 Å². The first-order valence-corrected chi connectivity index (χ1v) is 5.66. The fraction of sp³-hybridized carbons (Fsp3) is 0.286. The zero-order valence-electron chi connectivity index (χ0n) is 11.5. The van der Waals surface area contributed by atoms with Gasteiger partial charge in [0.2, 0.25) is 0 Å². The average Bonchev–Trinajstić information content (AvgIpc) is 2.37. The van der Waals surface area contributed by atoms with Gasteiger partial charge in [0.25, 0.3) is 0 Å². The highest BCUT2D eigenvalue weighted by Crippen LogP contribution is 1.94. The molecular weight excluding hydrogens is 268 g/mol. The summed E-state index contributed by atoms with van der Waals surface area (Å²) in [6, 6.07) is 0. The van der Waals surface area contributed by atoms with Gasteiger partial charge in [-0.3, -0.25) is 0 Å². The summed E-state index contributed by atoms with van der Waals surface area (Å²) >= 11 is 4.76. The van der Waals surface area contributed by atoms with Gasteiger partial charge in [0, 0.05) is 11.1 Å². The molecule has 5 heteroatoms. The molecule has 0 N–H and O–H groups in total. The summed E-state index contributed by atoms with van der Waals surface area (Å²) in [5.74, 6) is -0.979. The molecule has 0 aromatic heterocycles. The monoisotopic (exact) mass is 288 g/mol. The number of ether oxygens (including phenoxy) is 2. The van der Waals surface area contributed by atoms with Crippen molar-refractivity contribution < 1.29 is 19.1 Å². The molecule has 0 saturated carbocycles. The minimum absolute atomic E-state index is 0.0325. The van der Waals surface area contributed by atoms with Crippen molar-refractivity contribution in [1.82, 2.24) is 0 Å². The second-order valence-corrected chi connectivity index (χ2v) is 3.30. The topological polar surface area (TPSA) is 52.6 Å². The van der Waals surface area contributed by atoms with Gasteiger partial charge >= 0.3 is 11.9 Å². The molecule has 0 aromatic carbocycles. The van der Waals surface area contributed by atoms with E-state index in [0.717, 1.165) is 0 Å². The Bertz CT molecular complexity index is 293. The standard InChI is InChI=1S/C10H14O4.C2H3Cl.C2H4/c1-7(2)9(11)13-5-6-14-10(12)8(3)4;1-2-3;1-2/h1,3,5-6H2,2,4H3;2H,1H2;1-2H2. The van der Waals surface area contributed by atoms with Crippen molar-refractivity contribution in [1.29, 1.82) is 0 Å². The molecule has 0 aliphatic heterocycles. The third kappa shape index (κ3) is 18.7. The van der Waals surface area contributed by atoms with Crippen molar-refractivity contribution >= 4 is 23.5 Å². The van der Waals surface area contributed by atoms with E-state index in [0.29, 0.717) is 11.1 Å². The highest BCUT2D eigenvalue weighted by atomic mass is 35.5. The number of carbonyl (C=O) groups is 2. The Morgan fingerprint density at radius 2 is 1.21 bits per heavy atom. The van der Waals surface area contributed by atoms with Crippen LogP contribution in [-0.2, 0) is 19.1 Å². The predicted molar refractivity (Wildman–Crippen MR) is 78.9 cm³/mol. The molecule has 4 nitrogen and oxygen atoms in total. The minimum atomic E-state index is -0.489. The van der Waals surface area contributed by atoms with Crippen LogP contribution >= 0.6 is 11.6 Å². The summed E-state index contributed by atoms with van der Waals surface area (Å²) in [5.41, 5.74) is 1.85. The molecule has 0 atom stereocenters. The van der Waals surface area contributed by atoms with Crippen molar-refractivity contribution in [2.45, 2.75) is 13.8 Å². The highest BCUT2D eigenvalue weighted by molar-refractivity contribution is 6.25. The fourth-order valence-electron chi connectivity index (χ4n) is 0.515. The van der Waals surface area contributed by atoms with Crippen molar-refractivity contribution in [2.75, 3.05) is 13.2 Å². The quantitative estimate of drug-likeness (QED) is 0.337. The van der Waals surface area contributed by atoms with Gasteiger partial charge < -0.3 is 9.47 Å². The lowest BCUT2D eigenvalue weighted by molar-refractivity contribution is -0.147. The lowest BCUT2D eigenvalue weighted by atomic mass is 10.4. The summed E-state index contributed by atoms with van der Waals surface area (Å²) in [4.78, 5) is 21.7. The molecule has 108 valence electrons. The van der Waals surface area contributed by atoms with E-state index >= 15 is 0 Å². The first-order valence-electron chi connectivity index (χ1n) is 5.23. The second-order valence-electron chi connectivity index (χ2n) is 2.99. The van der Waals surface area contributed by atoms with Crippen molar-refractivity contribution in [3.05, 3.63) is 49.6 Å². The summed E-state index contributed by atoms with van der Waals surface area (Å²) < 4.78 is 9.38. The smallest absolute Gasteiger partial charge is 0.333 e. The van der Waals surface area contributed by atoms with Crippen LogP contribution in [0.25, 0.3) is 0 Å². The Morgan fingerprint density at radius 3 is 1.37 bits per heavy atom. The summed E-state index contributed by atoms with van der Waals surface area (Å²) in [6.45, 7) is 19.1. The van der Waals surface area contributed by atoms with Crippen LogP contribution in [0.3, 0.4) is 0 Å². The molecule has 0 bridgehead atoms. The largest absolute Gasteiger partial charge is 0.459 e. The fourth-order valence-corrected chi connectivity index (χ4v) is 0.515. The maximum absolute atomic E-state index is 10.8. The van der Waals surface area contributed by atoms with Crippen molar-refractivity contribution in [2.24, 2.45) is 0 Å². The van der Waals surface area contributed by atoms with Gasteiger partial charge in [0.1, 0.15) is 13.2 Å². The van der Waals surface area contributed by atoms with Gasteiger partial charge in [0.05, 0.1) is 0 Å². The number of hydrogen-bond acceptors (Lipinski definition) is 4. The molecule has 0 heterocycles. The van der Waals surface area contributed by atoms with Gasteiger partial charge in [0.15, 0.2) is 0 Å². The van der Waals surface area contributed by atoms with Crippen LogP contribution < -0.4 is 0 Å². The summed E-state index contributed by atoms with van der Waals surface area (Å²) in [6.07, 6.45) is 0. The minimum Gasteiger partial charge on any atom is -0.459 e. The molecule has 0 amide bonds. The molecule has 19 heavy (non-hydrogen) atoms. The van der Waals surface area contributed by atoms with Crippen molar-refractivity contribution in [3.63, 3.8) is 0 Å². The first-order chi connectivity index (χ1) is 8.86. The van der Waals surface area contributed by atoms with Crippen LogP contribution in [0.15, 0.2) is 49.6 Å². The second kappa shape index (κ2) is 16.2. The molecule has 0 rings (SSSR count). The number of esters is 2. The van der Waals surface area contributed by atoms with E-state index in [4.69, 9.17) is 11.6 Å². The maximum atomic E-state index is 10.8. The molecule has 0 spiro atoms. The normalized spacial score (nSPS) is 7.53. The van der Waals surface area contributed by atoms with E-state index in [9.17, 15) is 9.59 Å². The SMILES string of the molecule is C=C.C=C(C)C(=O)OCCOC(=O)C(=C)C.C=CCl. The number of carbonyl (C=O) groups excluding carboxylic acids is 2. The lowest BCUT2D eigenvalue weighted by Crippen LogP contribution is -2.14. The Kier molecular flexibility index (Phi) is 19.1. The number of halogens is 1. The number of hydrogen-bond donors (Lipinski definition) is 0. The molecule has 0 unspecified atom stereocenters. The molecule has 0 radical (unpaired) electrons. The summed E-state index contributed by atoms with van der Waals surface area (Å²) in [5, 5.41) is 0. The zero-order valence-corrected chi connectivity index (χ0v) is 12.3. The van der Waals surface area contributed by atoms with Crippen LogP contribution in [0.2, 0.25) is 0 Å². The van der Waals surface area contributed by atoms with Crippen LogP contribution in [0.5, 0.6) is 0 Å². The van der Waals surface area contributed by atoms with Crippen LogP contribution in [-0.4, -0.2) is 25.2 Å². The maximum Gasteiger partial charge on any atom is 0.333 e.